The van der Waals surface area contributed by atoms with Crippen LogP contribution < -0.4 is 0 Å². The van der Waals surface area contributed by atoms with E-state index in [2.05, 4.69) is 32.9 Å². The van der Waals surface area contributed by atoms with Gasteiger partial charge in [-0.15, -0.1) is 0 Å². The van der Waals surface area contributed by atoms with Gasteiger partial charge in [-0.05, 0) is 55.4 Å². The van der Waals surface area contributed by atoms with E-state index in [1.165, 1.54) is 32.1 Å². The zero-order valence-electron chi connectivity index (χ0n) is 12.8. The minimum Gasteiger partial charge on any atom is -0.347 e. The van der Waals surface area contributed by atoms with E-state index in [4.69, 9.17) is 9.47 Å². The molecule has 0 aromatic carbocycles. The van der Waals surface area contributed by atoms with E-state index in [1.54, 1.807) is 0 Å². The van der Waals surface area contributed by atoms with Crippen molar-refractivity contribution in [3.63, 3.8) is 0 Å². The first-order valence-electron chi connectivity index (χ1n) is 8.06. The fourth-order valence-corrected chi connectivity index (χ4v) is 3.74. The molecule has 0 bridgehead atoms. The molecule has 2 rings (SSSR count). The molecule has 0 aromatic rings. The molecule has 2 nitrogen and oxygen atoms in total. The van der Waals surface area contributed by atoms with Gasteiger partial charge in [-0.1, -0.05) is 33.3 Å². The van der Waals surface area contributed by atoms with Crippen LogP contribution in [-0.2, 0) is 9.47 Å². The maximum Gasteiger partial charge on any atom is 0.177 e. The molecular weight excluding hydrogens is 236 g/mol. The molecule has 0 unspecified atom stereocenters. The summed E-state index contributed by atoms with van der Waals surface area (Å²) in [5.41, 5.74) is 0. The highest BCUT2D eigenvalue weighted by Crippen LogP contribution is 2.40. The highest BCUT2D eigenvalue weighted by atomic mass is 16.7. The average molecular weight is 266 g/mol. The van der Waals surface area contributed by atoms with E-state index >= 15 is 0 Å². The molecule has 0 spiro atoms. The predicted octanol–water partition coefficient (Wildman–Crippen LogP) is 4.40. The molecular formula is C17H30O2. The van der Waals surface area contributed by atoms with Crippen LogP contribution in [0.5, 0.6) is 0 Å². The molecule has 1 aliphatic heterocycles. The molecule has 2 heteroatoms. The van der Waals surface area contributed by atoms with Gasteiger partial charge < -0.3 is 9.47 Å². The van der Waals surface area contributed by atoms with Gasteiger partial charge >= 0.3 is 0 Å². The summed E-state index contributed by atoms with van der Waals surface area (Å²) in [5, 5.41) is 0. The van der Waals surface area contributed by atoms with Crippen LogP contribution in [0.3, 0.4) is 0 Å². The highest BCUT2D eigenvalue weighted by Gasteiger charge is 2.29. The van der Waals surface area contributed by atoms with Crippen molar-refractivity contribution >= 4 is 0 Å². The zero-order valence-corrected chi connectivity index (χ0v) is 12.8. The third kappa shape index (κ3) is 4.61. The van der Waals surface area contributed by atoms with Crippen molar-refractivity contribution in [3.8, 4) is 0 Å². The van der Waals surface area contributed by atoms with Gasteiger partial charge in [0, 0.05) is 0 Å². The van der Waals surface area contributed by atoms with Crippen molar-refractivity contribution in [2.45, 2.75) is 59.2 Å². The summed E-state index contributed by atoms with van der Waals surface area (Å²) in [6.45, 7) is 8.68. The number of ether oxygens (including phenoxy) is 2. The SMILES string of the molecule is CC(C)[C@@H]1CC[C@@H](C)C[C@H]1CC/C=C/C1OCCO1. The molecule has 2 aliphatic rings. The van der Waals surface area contributed by atoms with E-state index in [-0.39, 0.29) is 6.29 Å². The Kier molecular flexibility index (Phi) is 5.90. The molecule has 1 saturated carbocycles. The fourth-order valence-electron chi connectivity index (χ4n) is 3.74. The van der Waals surface area contributed by atoms with Crippen LogP contribution in [0.4, 0.5) is 0 Å². The van der Waals surface area contributed by atoms with E-state index < -0.39 is 0 Å². The standard InChI is InChI=1S/C17H30O2/c1-13(2)16-9-8-14(3)12-15(16)6-4-5-7-17-18-10-11-19-17/h5,7,13-17H,4,6,8-12H2,1-3H3/b7-5+/t14-,15-,16+/m1/s1. The van der Waals surface area contributed by atoms with Gasteiger partial charge in [0.05, 0.1) is 13.2 Å². The molecule has 110 valence electrons. The third-order valence-corrected chi connectivity index (χ3v) is 4.80. The molecule has 2 fully saturated rings. The van der Waals surface area contributed by atoms with E-state index in [9.17, 15) is 0 Å². The minimum absolute atomic E-state index is 0.0776. The Labute approximate surface area is 118 Å². The average Bonchev–Trinajstić information content (AvgIpc) is 2.87. The summed E-state index contributed by atoms with van der Waals surface area (Å²) < 4.78 is 10.8. The summed E-state index contributed by atoms with van der Waals surface area (Å²) >= 11 is 0. The second kappa shape index (κ2) is 7.44. The molecule has 1 heterocycles. The molecule has 19 heavy (non-hydrogen) atoms. The molecule has 3 atom stereocenters. The predicted molar refractivity (Wildman–Crippen MR) is 78.9 cm³/mol. The first kappa shape index (κ1) is 15.1. The number of rotatable bonds is 5. The summed E-state index contributed by atoms with van der Waals surface area (Å²) in [6, 6.07) is 0. The first-order chi connectivity index (χ1) is 9.16. The Bertz CT molecular complexity index is 279. The molecule has 0 radical (unpaired) electrons. The maximum atomic E-state index is 5.41. The van der Waals surface area contributed by atoms with Crippen LogP contribution in [0.2, 0.25) is 0 Å². The van der Waals surface area contributed by atoms with Crippen LogP contribution in [-0.4, -0.2) is 19.5 Å². The number of hydrogen-bond acceptors (Lipinski definition) is 2. The van der Waals surface area contributed by atoms with Crippen molar-refractivity contribution in [2.24, 2.45) is 23.7 Å². The summed E-state index contributed by atoms with van der Waals surface area (Å²) in [4.78, 5) is 0. The second-order valence-electron chi connectivity index (χ2n) is 6.70. The lowest BCUT2D eigenvalue weighted by Gasteiger charge is -2.37. The summed E-state index contributed by atoms with van der Waals surface area (Å²) in [6.07, 6.45) is 11.1. The topological polar surface area (TPSA) is 18.5 Å². The zero-order chi connectivity index (χ0) is 13.7. The van der Waals surface area contributed by atoms with Crippen LogP contribution >= 0.6 is 0 Å². The van der Waals surface area contributed by atoms with E-state index in [0.717, 1.165) is 36.9 Å². The Hall–Kier alpha value is -0.340. The van der Waals surface area contributed by atoms with Gasteiger partial charge in [0.25, 0.3) is 0 Å². The molecule has 0 amide bonds. The lowest BCUT2D eigenvalue weighted by molar-refractivity contribution is -0.00178. The van der Waals surface area contributed by atoms with Crippen molar-refractivity contribution < 1.29 is 9.47 Å². The molecule has 0 N–H and O–H groups in total. The Morgan fingerprint density at radius 3 is 2.58 bits per heavy atom. The van der Waals surface area contributed by atoms with Gasteiger partial charge in [-0.2, -0.15) is 0 Å². The smallest absolute Gasteiger partial charge is 0.177 e. The van der Waals surface area contributed by atoms with Crippen molar-refractivity contribution in [2.75, 3.05) is 13.2 Å². The quantitative estimate of drug-likeness (QED) is 0.686. The molecule has 1 aliphatic carbocycles. The van der Waals surface area contributed by atoms with E-state index in [0.29, 0.717) is 0 Å². The van der Waals surface area contributed by atoms with E-state index in [1.807, 2.05) is 0 Å². The highest BCUT2D eigenvalue weighted by molar-refractivity contribution is 4.89. The second-order valence-corrected chi connectivity index (χ2v) is 6.70. The molecule has 1 saturated heterocycles. The van der Waals surface area contributed by atoms with Gasteiger partial charge in [0.15, 0.2) is 6.29 Å². The normalized spacial score (nSPS) is 33.6. The van der Waals surface area contributed by atoms with Gasteiger partial charge in [-0.3, -0.25) is 0 Å². The lowest BCUT2D eigenvalue weighted by Crippen LogP contribution is -2.27. The third-order valence-electron chi connectivity index (χ3n) is 4.80. The summed E-state index contributed by atoms with van der Waals surface area (Å²) in [7, 11) is 0. The largest absolute Gasteiger partial charge is 0.347 e. The van der Waals surface area contributed by atoms with Crippen molar-refractivity contribution in [1.29, 1.82) is 0 Å². The fraction of sp³-hybridized carbons (Fsp3) is 0.882. The Balaban J connectivity index is 1.75. The monoisotopic (exact) mass is 266 g/mol. The van der Waals surface area contributed by atoms with Gasteiger partial charge in [0.2, 0.25) is 0 Å². The number of allylic oxidation sites excluding steroid dienone is 1. The van der Waals surface area contributed by atoms with Crippen molar-refractivity contribution in [3.05, 3.63) is 12.2 Å². The molecule has 0 aromatic heterocycles. The first-order valence-corrected chi connectivity index (χ1v) is 8.06. The Morgan fingerprint density at radius 2 is 1.89 bits per heavy atom. The maximum absolute atomic E-state index is 5.41. The van der Waals surface area contributed by atoms with Crippen molar-refractivity contribution in [1.82, 2.24) is 0 Å². The number of hydrogen-bond donors (Lipinski definition) is 0. The van der Waals surface area contributed by atoms with Crippen LogP contribution in [0, 0.1) is 23.7 Å². The van der Waals surface area contributed by atoms with Gasteiger partial charge in [-0.25, -0.2) is 0 Å². The van der Waals surface area contributed by atoms with Gasteiger partial charge in [0.1, 0.15) is 0 Å². The summed E-state index contributed by atoms with van der Waals surface area (Å²) in [5.74, 6) is 3.61. The Morgan fingerprint density at radius 1 is 1.16 bits per heavy atom. The minimum atomic E-state index is -0.0776. The van der Waals surface area contributed by atoms with Crippen LogP contribution in [0.25, 0.3) is 0 Å². The lowest BCUT2D eigenvalue weighted by atomic mass is 9.68. The van der Waals surface area contributed by atoms with Crippen LogP contribution in [0.15, 0.2) is 12.2 Å². The van der Waals surface area contributed by atoms with Crippen LogP contribution in [0.1, 0.15) is 52.9 Å².